The molecule has 0 heterocycles. The summed E-state index contributed by atoms with van der Waals surface area (Å²) in [6.45, 7) is 9.77. The van der Waals surface area contributed by atoms with E-state index >= 15 is 0 Å². The summed E-state index contributed by atoms with van der Waals surface area (Å²) in [5, 5.41) is 12.7. The highest BCUT2D eigenvalue weighted by Gasteiger charge is 2.36. The molecule has 37 heavy (non-hydrogen) atoms. The average molecular weight is 512 g/mol. The lowest BCUT2D eigenvalue weighted by atomic mass is 9.82. The van der Waals surface area contributed by atoms with Crippen LogP contribution >= 0.6 is 0 Å². The first-order valence-corrected chi connectivity index (χ1v) is 12.9. The predicted molar refractivity (Wildman–Crippen MR) is 143 cm³/mol. The SMILES string of the molecule is CC(C)C[C@@H](C(=O)O)C(CCCc1ccccc1CNC(=O)OCc1ccccc1)C(=O)OC(C)(C)C. The highest BCUT2D eigenvalue weighted by molar-refractivity contribution is 5.81. The summed E-state index contributed by atoms with van der Waals surface area (Å²) in [7, 11) is 0. The van der Waals surface area contributed by atoms with Crippen LogP contribution in [0.25, 0.3) is 0 Å². The Labute approximate surface area is 220 Å². The number of esters is 1. The number of hydrogen-bond acceptors (Lipinski definition) is 5. The van der Waals surface area contributed by atoms with Gasteiger partial charge < -0.3 is 19.9 Å². The van der Waals surface area contributed by atoms with Crippen LogP contribution < -0.4 is 5.32 Å². The maximum atomic E-state index is 13.0. The van der Waals surface area contributed by atoms with E-state index in [1.807, 2.05) is 68.4 Å². The lowest BCUT2D eigenvalue weighted by Gasteiger charge is -2.28. The van der Waals surface area contributed by atoms with Gasteiger partial charge in [-0.05, 0) is 69.1 Å². The van der Waals surface area contributed by atoms with Crippen molar-refractivity contribution in [2.45, 2.75) is 79.1 Å². The fourth-order valence-electron chi connectivity index (χ4n) is 4.23. The number of rotatable bonds is 13. The van der Waals surface area contributed by atoms with Gasteiger partial charge in [-0.15, -0.1) is 0 Å². The third-order valence-electron chi connectivity index (χ3n) is 5.95. The van der Waals surface area contributed by atoms with Crippen molar-refractivity contribution in [3.8, 4) is 0 Å². The third-order valence-corrected chi connectivity index (χ3v) is 5.95. The minimum absolute atomic E-state index is 0.138. The van der Waals surface area contributed by atoms with Crippen molar-refractivity contribution in [2.24, 2.45) is 17.8 Å². The molecule has 0 aliphatic carbocycles. The molecule has 0 aromatic heterocycles. The Morgan fingerprint density at radius 2 is 1.54 bits per heavy atom. The number of carbonyl (C=O) groups is 3. The molecule has 2 N–H and O–H groups in total. The smallest absolute Gasteiger partial charge is 0.407 e. The van der Waals surface area contributed by atoms with Gasteiger partial charge in [0.05, 0.1) is 11.8 Å². The zero-order valence-electron chi connectivity index (χ0n) is 22.7. The molecule has 0 radical (unpaired) electrons. The van der Waals surface area contributed by atoms with Gasteiger partial charge in [-0.25, -0.2) is 4.79 Å². The second kappa shape index (κ2) is 14.4. The van der Waals surface area contributed by atoms with Crippen molar-refractivity contribution in [1.29, 1.82) is 0 Å². The molecule has 1 amide bonds. The molecule has 0 aliphatic rings. The van der Waals surface area contributed by atoms with Gasteiger partial charge in [-0.2, -0.15) is 0 Å². The summed E-state index contributed by atoms with van der Waals surface area (Å²) in [6, 6.07) is 17.2. The van der Waals surface area contributed by atoms with E-state index in [4.69, 9.17) is 9.47 Å². The van der Waals surface area contributed by atoms with Crippen LogP contribution in [0.2, 0.25) is 0 Å². The fourth-order valence-corrected chi connectivity index (χ4v) is 4.23. The first-order valence-electron chi connectivity index (χ1n) is 12.9. The number of alkyl carbamates (subject to hydrolysis) is 1. The molecule has 202 valence electrons. The molecule has 1 unspecified atom stereocenters. The summed E-state index contributed by atoms with van der Waals surface area (Å²) in [5.41, 5.74) is 2.20. The Hall–Kier alpha value is -3.35. The van der Waals surface area contributed by atoms with Crippen molar-refractivity contribution >= 4 is 18.0 Å². The standard InChI is InChI=1S/C30H41NO6/c1-21(2)18-26(27(32)33)25(28(34)37-30(3,4)5)17-11-16-23-14-9-10-15-24(23)19-31-29(35)36-20-22-12-7-6-8-13-22/h6-10,12-15,21,25-26H,11,16-20H2,1-5H3,(H,31,35)(H,32,33)/t25?,26-/m1/s1. The van der Waals surface area contributed by atoms with Crippen LogP contribution in [-0.2, 0) is 38.6 Å². The van der Waals surface area contributed by atoms with Crippen LogP contribution in [0, 0.1) is 17.8 Å². The molecule has 0 saturated heterocycles. The van der Waals surface area contributed by atoms with Crippen molar-refractivity contribution < 1.29 is 29.0 Å². The van der Waals surface area contributed by atoms with E-state index in [9.17, 15) is 19.5 Å². The monoisotopic (exact) mass is 511 g/mol. The number of hydrogen-bond donors (Lipinski definition) is 2. The molecular weight excluding hydrogens is 470 g/mol. The molecule has 2 atom stereocenters. The summed E-state index contributed by atoms with van der Waals surface area (Å²) in [6.07, 6.45) is 1.57. The van der Waals surface area contributed by atoms with E-state index in [0.29, 0.717) is 32.2 Å². The molecule has 0 fully saturated rings. The summed E-state index contributed by atoms with van der Waals surface area (Å²) in [5.74, 6) is -2.82. The average Bonchev–Trinajstić information content (AvgIpc) is 2.82. The Bertz CT molecular complexity index is 1010. The van der Waals surface area contributed by atoms with Crippen LogP contribution in [0.3, 0.4) is 0 Å². The van der Waals surface area contributed by atoms with Crippen LogP contribution in [0.5, 0.6) is 0 Å². The van der Waals surface area contributed by atoms with Gasteiger partial charge in [0, 0.05) is 6.54 Å². The van der Waals surface area contributed by atoms with Crippen molar-refractivity contribution in [2.75, 3.05) is 0 Å². The lowest BCUT2D eigenvalue weighted by molar-refractivity contribution is -0.167. The first-order chi connectivity index (χ1) is 17.5. The molecule has 7 nitrogen and oxygen atoms in total. The fraction of sp³-hybridized carbons (Fsp3) is 0.500. The topological polar surface area (TPSA) is 102 Å². The highest BCUT2D eigenvalue weighted by Crippen LogP contribution is 2.29. The number of amides is 1. The van der Waals surface area contributed by atoms with Crippen molar-refractivity contribution in [3.05, 3.63) is 71.3 Å². The molecule has 0 saturated carbocycles. The van der Waals surface area contributed by atoms with E-state index in [-0.39, 0.29) is 12.5 Å². The predicted octanol–water partition coefficient (Wildman–Crippen LogP) is 6.14. The van der Waals surface area contributed by atoms with Crippen LogP contribution in [0.15, 0.2) is 54.6 Å². The van der Waals surface area contributed by atoms with E-state index in [1.165, 1.54) is 0 Å². The third kappa shape index (κ3) is 11.1. The Morgan fingerprint density at radius 1 is 0.919 bits per heavy atom. The number of carbonyl (C=O) groups excluding carboxylic acids is 2. The van der Waals surface area contributed by atoms with Crippen LogP contribution in [0.1, 0.15) is 70.6 Å². The van der Waals surface area contributed by atoms with E-state index in [2.05, 4.69) is 5.32 Å². The number of carboxylic acid groups (broad SMARTS) is 1. The number of aryl methyl sites for hydroxylation is 1. The zero-order valence-corrected chi connectivity index (χ0v) is 22.7. The molecule has 2 aromatic carbocycles. The Morgan fingerprint density at radius 3 is 2.14 bits per heavy atom. The molecule has 0 aliphatic heterocycles. The van der Waals surface area contributed by atoms with Crippen molar-refractivity contribution in [3.63, 3.8) is 0 Å². The molecule has 2 aromatic rings. The summed E-state index contributed by atoms with van der Waals surface area (Å²) < 4.78 is 10.9. The summed E-state index contributed by atoms with van der Waals surface area (Å²) in [4.78, 5) is 37.2. The molecular formula is C30H41NO6. The quantitative estimate of drug-likeness (QED) is 0.313. The normalized spacial score (nSPS) is 13.0. The maximum Gasteiger partial charge on any atom is 0.407 e. The number of aliphatic carboxylic acids is 1. The van der Waals surface area contributed by atoms with E-state index in [1.54, 1.807) is 20.8 Å². The van der Waals surface area contributed by atoms with Gasteiger partial charge in [0.25, 0.3) is 0 Å². The number of ether oxygens (including phenoxy) is 2. The molecule has 7 heteroatoms. The largest absolute Gasteiger partial charge is 0.481 e. The number of nitrogens with one attached hydrogen (secondary N) is 1. The van der Waals surface area contributed by atoms with Crippen LogP contribution in [0.4, 0.5) is 4.79 Å². The van der Waals surface area contributed by atoms with Gasteiger partial charge in [-0.3, -0.25) is 9.59 Å². The molecule has 0 spiro atoms. The number of benzene rings is 2. The summed E-state index contributed by atoms with van der Waals surface area (Å²) >= 11 is 0. The van der Waals surface area contributed by atoms with Gasteiger partial charge >= 0.3 is 18.0 Å². The van der Waals surface area contributed by atoms with Gasteiger partial charge in [0.1, 0.15) is 12.2 Å². The second-order valence-electron chi connectivity index (χ2n) is 10.8. The molecule has 0 bridgehead atoms. The highest BCUT2D eigenvalue weighted by atomic mass is 16.6. The Kier molecular flexibility index (Phi) is 11.6. The van der Waals surface area contributed by atoms with Gasteiger partial charge in [0.15, 0.2) is 0 Å². The van der Waals surface area contributed by atoms with Gasteiger partial charge in [-0.1, -0.05) is 68.4 Å². The lowest BCUT2D eigenvalue weighted by Crippen LogP contribution is -2.36. The molecule has 2 rings (SSSR count). The zero-order chi connectivity index (χ0) is 27.4. The van der Waals surface area contributed by atoms with Crippen molar-refractivity contribution in [1.82, 2.24) is 5.32 Å². The van der Waals surface area contributed by atoms with E-state index < -0.39 is 35.5 Å². The first kappa shape index (κ1) is 29.9. The Balaban J connectivity index is 2.00. The number of carboxylic acids is 1. The minimum Gasteiger partial charge on any atom is -0.481 e. The second-order valence-corrected chi connectivity index (χ2v) is 10.8. The van der Waals surface area contributed by atoms with Gasteiger partial charge in [0.2, 0.25) is 0 Å². The van der Waals surface area contributed by atoms with Crippen LogP contribution in [-0.4, -0.2) is 28.7 Å². The van der Waals surface area contributed by atoms with E-state index in [0.717, 1.165) is 16.7 Å². The maximum absolute atomic E-state index is 13.0. The minimum atomic E-state index is -0.969.